The van der Waals surface area contributed by atoms with Gasteiger partial charge < -0.3 is 15.4 Å². The Hall–Kier alpha value is -2.61. The number of methoxy groups -OCH3 is 1. The number of non-ortho nitro benzene ring substituents is 1. The number of benzene rings is 2. The van der Waals surface area contributed by atoms with Crippen LogP contribution in [0.2, 0.25) is 0 Å². The Labute approximate surface area is 147 Å². The van der Waals surface area contributed by atoms with E-state index in [4.69, 9.17) is 4.74 Å². The highest BCUT2D eigenvalue weighted by atomic mass is 79.9. The van der Waals surface area contributed by atoms with Crippen LogP contribution in [0, 0.1) is 17.0 Å². The van der Waals surface area contributed by atoms with Crippen LogP contribution in [-0.2, 0) is 4.79 Å². The van der Waals surface area contributed by atoms with Gasteiger partial charge in [0, 0.05) is 22.3 Å². The van der Waals surface area contributed by atoms with Crippen molar-refractivity contribution in [2.24, 2.45) is 0 Å². The third-order valence-corrected chi connectivity index (χ3v) is 4.16. The van der Waals surface area contributed by atoms with E-state index in [1.165, 1.54) is 25.3 Å². The number of nitro benzene ring substituents is 1. The Morgan fingerprint density at radius 1 is 1.29 bits per heavy atom. The third-order valence-electron chi connectivity index (χ3n) is 3.27. The van der Waals surface area contributed by atoms with Gasteiger partial charge in [-0.3, -0.25) is 14.9 Å². The van der Waals surface area contributed by atoms with Crippen molar-refractivity contribution in [2.45, 2.75) is 6.92 Å². The van der Waals surface area contributed by atoms with E-state index in [0.717, 1.165) is 10.0 Å². The molecule has 24 heavy (non-hydrogen) atoms. The van der Waals surface area contributed by atoms with Gasteiger partial charge in [0.2, 0.25) is 5.91 Å². The Morgan fingerprint density at radius 3 is 2.67 bits per heavy atom. The number of carbonyl (C=O) groups excluding carboxylic acids is 1. The summed E-state index contributed by atoms with van der Waals surface area (Å²) in [5, 5.41) is 16.5. The molecule has 2 aromatic carbocycles. The molecule has 0 saturated heterocycles. The van der Waals surface area contributed by atoms with Crippen molar-refractivity contribution in [2.75, 3.05) is 24.3 Å². The van der Waals surface area contributed by atoms with E-state index < -0.39 is 4.92 Å². The summed E-state index contributed by atoms with van der Waals surface area (Å²) < 4.78 is 6.10. The fourth-order valence-corrected chi connectivity index (χ4v) is 2.30. The van der Waals surface area contributed by atoms with Crippen LogP contribution in [0.25, 0.3) is 0 Å². The van der Waals surface area contributed by atoms with E-state index in [1.807, 2.05) is 19.1 Å². The third kappa shape index (κ3) is 4.45. The second-order valence-electron chi connectivity index (χ2n) is 5.01. The van der Waals surface area contributed by atoms with Gasteiger partial charge in [0.1, 0.15) is 5.75 Å². The maximum Gasteiger partial charge on any atom is 0.271 e. The monoisotopic (exact) mass is 393 g/mol. The fourth-order valence-electron chi connectivity index (χ4n) is 2.05. The number of amides is 1. The van der Waals surface area contributed by atoms with Gasteiger partial charge in [-0.25, -0.2) is 0 Å². The highest BCUT2D eigenvalue weighted by Gasteiger charge is 2.12. The van der Waals surface area contributed by atoms with Crippen LogP contribution < -0.4 is 15.4 Å². The number of carbonyl (C=O) groups is 1. The normalized spacial score (nSPS) is 10.1. The lowest BCUT2D eigenvalue weighted by Gasteiger charge is -2.11. The second kappa shape index (κ2) is 7.78. The standard InChI is InChI=1S/C16H16BrN3O4/c1-10-7-11(3-5-13(10)17)19-16(21)9-18-14-8-12(20(22)23)4-6-15(14)24-2/h3-8,18H,9H2,1-2H3,(H,19,21). The molecule has 2 rings (SSSR count). The number of nitrogens with one attached hydrogen (secondary N) is 2. The van der Waals surface area contributed by atoms with Crippen molar-refractivity contribution >= 4 is 38.9 Å². The lowest BCUT2D eigenvalue weighted by molar-refractivity contribution is -0.384. The number of ether oxygens (including phenoxy) is 1. The first-order chi connectivity index (χ1) is 11.4. The minimum absolute atomic E-state index is 0.0490. The van der Waals surface area contributed by atoms with Gasteiger partial charge in [0.25, 0.3) is 5.69 Å². The van der Waals surface area contributed by atoms with Crippen LogP contribution in [-0.4, -0.2) is 24.5 Å². The topological polar surface area (TPSA) is 93.5 Å². The molecule has 2 N–H and O–H groups in total. The van der Waals surface area contributed by atoms with Gasteiger partial charge in [0.05, 0.1) is 24.3 Å². The summed E-state index contributed by atoms with van der Waals surface area (Å²) in [7, 11) is 1.46. The Kier molecular flexibility index (Phi) is 5.75. The minimum Gasteiger partial charge on any atom is -0.495 e. The van der Waals surface area contributed by atoms with E-state index in [9.17, 15) is 14.9 Å². The molecule has 8 heteroatoms. The van der Waals surface area contributed by atoms with Crippen molar-refractivity contribution in [1.82, 2.24) is 0 Å². The molecule has 0 aliphatic rings. The molecule has 0 unspecified atom stereocenters. The summed E-state index contributed by atoms with van der Waals surface area (Å²) in [5.41, 5.74) is 1.98. The fraction of sp³-hybridized carbons (Fsp3) is 0.188. The average molecular weight is 394 g/mol. The molecule has 0 heterocycles. The lowest BCUT2D eigenvalue weighted by Crippen LogP contribution is -2.22. The van der Waals surface area contributed by atoms with Crippen LogP contribution in [0.4, 0.5) is 17.1 Å². The number of aryl methyl sites for hydroxylation is 1. The second-order valence-corrected chi connectivity index (χ2v) is 5.86. The molecular weight excluding hydrogens is 378 g/mol. The number of nitro groups is 1. The minimum atomic E-state index is -0.505. The first-order valence-corrected chi connectivity index (χ1v) is 7.82. The molecule has 126 valence electrons. The van der Waals surface area contributed by atoms with E-state index in [2.05, 4.69) is 26.6 Å². The Bertz CT molecular complexity index is 780. The number of anilines is 2. The van der Waals surface area contributed by atoms with Crippen LogP contribution in [0.1, 0.15) is 5.56 Å². The molecule has 0 radical (unpaired) electrons. The molecule has 1 amide bonds. The van der Waals surface area contributed by atoms with Crippen molar-refractivity contribution in [3.8, 4) is 5.75 Å². The van der Waals surface area contributed by atoms with Gasteiger partial charge in [-0.2, -0.15) is 0 Å². The van der Waals surface area contributed by atoms with Gasteiger partial charge >= 0.3 is 0 Å². The average Bonchev–Trinajstić information content (AvgIpc) is 2.56. The summed E-state index contributed by atoms with van der Waals surface area (Å²) in [6, 6.07) is 9.63. The predicted molar refractivity (Wildman–Crippen MR) is 95.6 cm³/mol. The predicted octanol–water partition coefficient (Wildman–Crippen LogP) is 3.72. The molecule has 0 bridgehead atoms. The summed E-state index contributed by atoms with van der Waals surface area (Å²) in [5.74, 6) is 0.151. The van der Waals surface area contributed by atoms with Crippen molar-refractivity contribution in [3.05, 3.63) is 56.5 Å². The van der Waals surface area contributed by atoms with Crippen molar-refractivity contribution in [1.29, 1.82) is 0 Å². The maximum absolute atomic E-state index is 12.0. The van der Waals surface area contributed by atoms with Crippen LogP contribution in [0.3, 0.4) is 0 Å². The molecule has 0 aliphatic heterocycles. The van der Waals surface area contributed by atoms with Crippen LogP contribution in [0.5, 0.6) is 5.75 Å². The van der Waals surface area contributed by atoms with Crippen LogP contribution in [0.15, 0.2) is 40.9 Å². The zero-order chi connectivity index (χ0) is 17.7. The Morgan fingerprint density at radius 2 is 2.04 bits per heavy atom. The summed E-state index contributed by atoms with van der Waals surface area (Å²) in [6.07, 6.45) is 0. The van der Waals surface area contributed by atoms with Gasteiger partial charge in [-0.1, -0.05) is 15.9 Å². The Balaban J connectivity index is 2.04. The number of hydrogen-bond donors (Lipinski definition) is 2. The number of nitrogens with zero attached hydrogens (tertiary/aromatic N) is 1. The lowest BCUT2D eigenvalue weighted by atomic mass is 10.2. The first-order valence-electron chi connectivity index (χ1n) is 7.03. The van der Waals surface area contributed by atoms with Crippen molar-refractivity contribution in [3.63, 3.8) is 0 Å². The molecule has 0 aromatic heterocycles. The number of hydrogen-bond acceptors (Lipinski definition) is 5. The molecule has 7 nitrogen and oxygen atoms in total. The first kappa shape index (κ1) is 17.7. The number of halogens is 1. The van der Waals surface area contributed by atoms with Gasteiger partial charge in [0.15, 0.2) is 0 Å². The molecule has 2 aromatic rings. The van der Waals surface area contributed by atoms with Gasteiger partial charge in [-0.15, -0.1) is 0 Å². The molecular formula is C16H16BrN3O4. The highest BCUT2D eigenvalue weighted by molar-refractivity contribution is 9.10. The SMILES string of the molecule is COc1ccc([N+](=O)[O-])cc1NCC(=O)Nc1ccc(Br)c(C)c1. The van der Waals surface area contributed by atoms with Gasteiger partial charge in [-0.05, 0) is 36.8 Å². The smallest absolute Gasteiger partial charge is 0.271 e. The van der Waals surface area contributed by atoms with Crippen molar-refractivity contribution < 1.29 is 14.5 Å². The van der Waals surface area contributed by atoms with E-state index >= 15 is 0 Å². The molecule has 0 spiro atoms. The summed E-state index contributed by atoms with van der Waals surface area (Å²) in [6.45, 7) is 1.87. The zero-order valence-corrected chi connectivity index (χ0v) is 14.7. The summed E-state index contributed by atoms with van der Waals surface area (Å²) in [4.78, 5) is 22.4. The van der Waals surface area contributed by atoms with E-state index in [1.54, 1.807) is 6.07 Å². The molecule has 0 atom stereocenters. The zero-order valence-electron chi connectivity index (χ0n) is 13.1. The quantitative estimate of drug-likeness (QED) is 0.575. The van der Waals surface area contributed by atoms with Crippen LogP contribution >= 0.6 is 15.9 Å². The van der Waals surface area contributed by atoms with E-state index in [0.29, 0.717) is 17.1 Å². The maximum atomic E-state index is 12.0. The molecule has 0 saturated carbocycles. The molecule has 0 aliphatic carbocycles. The molecule has 0 fully saturated rings. The van der Waals surface area contributed by atoms with E-state index in [-0.39, 0.29) is 18.1 Å². The summed E-state index contributed by atoms with van der Waals surface area (Å²) >= 11 is 3.40. The highest BCUT2D eigenvalue weighted by Crippen LogP contribution is 2.28. The number of rotatable bonds is 6. The largest absolute Gasteiger partial charge is 0.495 e.